The predicted octanol–water partition coefficient (Wildman–Crippen LogP) is 1.10. The van der Waals surface area contributed by atoms with Crippen LogP contribution >= 0.6 is 0 Å². The molecule has 12 heteroatoms. The number of ether oxygens (including phenoxy) is 1. The van der Waals surface area contributed by atoms with E-state index in [0.29, 0.717) is 6.42 Å². The predicted molar refractivity (Wildman–Crippen MR) is 91.5 cm³/mol. The molecule has 0 aromatic carbocycles. The largest absolute Gasteiger partial charge is 0.434 e. The number of amides is 1. The van der Waals surface area contributed by atoms with Gasteiger partial charge in [-0.2, -0.15) is 13.2 Å². The Labute approximate surface area is 159 Å². The Bertz CT molecular complexity index is 878. The summed E-state index contributed by atoms with van der Waals surface area (Å²) in [6.07, 6.45) is -1.49. The number of carbonyl (C=O) groups excluding carboxylic acids is 1. The number of nitrogens with zero attached hydrogens (tertiary/aromatic N) is 3. The molecule has 1 amide bonds. The Morgan fingerprint density at radius 1 is 1.25 bits per heavy atom. The van der Waals surface area contributed by atoms with Crippen LogP contribution in [0.4, 0.5) is 19.1 Å². The molecule has 28 heavy (non-hydrogen) atoms. The van der Waals surface area contributed by atoms with Crippen molar-refractivity contribution in [2.45, 2.75) is 43.7 Å². The molecular weight excluding hydrogens is 401 g/mol. The molecule has 1 N–H and O–H groups in total. The molecule has 0 aliphatic carbocycles. The van der Waals surface area contributed by atoms with Crippen molar-refractivity contribution in [1.29, 1.82) is 0 Å². The Balaban J connectivity index is 1.56. The first-order chi connectivity index (χ1) is 13.1. The fraction of sp³-hybridized carbons (Fsp3) is 0.688. The number of halogens is 3. The van der Waals surface area contributed by atoms with Gasteiger partial charge in [-0.05, 0) is 19.3 Å². The molecule has 3 aliphatic heterocycles. The van der Waals surface area contributed by atoms with Gasteiger partial charge in [-0.1, -0.05) is 0 Å². The maximum atomic E-state index is 13.5. The molecule has 4 heterocycles. The fourth-order valence-corrected chi connectivity index (χ4v) is 5.07. The average molecular weight is 420 g/mol. The molecule has 3 fully saturated rings. The minimum atomic E-state index is -4.85. The molecule has 3 atom stereocenters. The van der Waals surface area contributed by atoms with Crippen molar-refractivity contribution in [1.82, 2.24) is 14.9 Å². The Hall–Kier alpha value is -1.95. The molecule has 154 valence electrons. The van der Waals surface area contributed by atoms with Crippen molar-refractivity contribution in [3.8, 4) is 0 Å². The smallest absolute Gasteiger partial charge is 0.373 e. The van der Waals surface area contributed by atoms with Crippen LogP contribution in [0.3, 0.4) is 0 Å². The van der Waals surface area contributed by atoms with Crippen molar-refractivity contribution in [2.24, 2.45) is 0 Å². The number of rotatable bonds is 3. The van der Waals surface area contributed by atoms with Crippen molar-refractivity contribution in [3.05, 3.63) is 17.5 Å². The van der Waals surface area contributed by atoms with Gasteiger partial charge in [0.1, 0.15) is 0 Å². The molecular formula is C16H19F3N4O4S. The number of hydrogen-bond acceptors (Lipinski definition) is 7. The Kier molecular flexibility index (Phi) is 4.73. The van der Waals surface area contributed by atoms with E-state index < -0.39 is 33.2 Å². The first-order valence-corrected chi connectivity index (χ1v) is 10.8. The summed E-state index contributed by atoms with van der Waals surface area (Å²) in [6, 6.07) is -0.159. The van der Waals surface area contributed by atoms with Crippen LogP contribution in [-0.2, 0) is 20.8 Å². The van der Waals surface area contributed by atoms with E-state index in [-0.39, 0.29) is 48.8 Å². The summed E-state index contributed by atoms with van der Waals surface area (Å²) in [5.41, 5.74) is -2.01. The quantitative estimate of drug-likeness (QED) is 0.781. The summed E-state index contributed by atoms with van der Waals surface area (Å²) in [4.78, 5) is 21.1. The summed E-state index contributed by atoms with van der Waals surface area (Å²) in [7, 11) is -3.26. The monoisotopic (exact) mass is 420 g/mol. The van der Waals surface area contributed by atoms with Gasteiger partial charge in [0.2, 0.25) is 5.95 Å². The van der Waals surface area contributed by atoms with Gasteiger partial charge in [-0.3, -0.25) is 4.79 Å². The normalized spacial score (nSPS) is 29.1. The fourth-order valence-electron chi connectivity index (χ4n) is 3.87. The Morgan fingerprint density at radius 3 is 2.54 bits per heavy atom. The number of fused-ring (bicyclic) bond motifs is 2. The second kappa shape index (κ2) is 6.83. The zero-order chi connectivity index (χ0) is 20.1. The van der Waals surface area contributed by atoms with E-state index in [1.165, 1.54) is 0 Å². The third-order valence-electron chi connectivity index (χ3n) is 5.34. The minimum absolute atomic E-state index is 0.0699. The lowest BCUT2D eigenvalue weighted by atomic mass is 9.96. The lowest BCUT2D eigenvalue weighted by molar-refractivity contribution is -0.141. The van der Waals surface area contributed by atoms with E-state index in [9.17, 15) is 26.4 Å². The van der Waals surface area contributed by atoms with E-state index >= 15 is 0 Å². The van der Waals surface area contributed by atoms with E-state index in [1.54, 1.807) is 0 Å². The minimum Gasteiger partial charge on any atom is -0.373 e. The summed E-state index contributed by atoms with van der Waals surface area (Å²) in [5.74, 6) is -1.67. The summed E-state index contributed by atoms with van der Waals surface area (Å²) in [5, 5.41) is 2.89. The molecule has 3 saturated heterocycles. The Morgan fingerprint density at radius 2 is 1.96 bits per heavy atom. The van der Waals surface area contributed by atoms with E-state index in [1.807, 2.05) is 0 Å². The molecule has 1 aromatic rings. The van der Waals surface area contributed by atoms with E-state index in [0.717, 1.165) is 23.9 Å². The number of sulfone groups is 1. The highest BCUT2D eigenvalue weighted by atomic mass is 32.2. The van der Waals surface area contributed by atoms with Crippen LogP contribution < -0.4 is 5.32 Å². The highest BCUT2D eigenvalue weighted by molar-refractivity contribution is 7.91. The number of aromatic nitrogens is 2. The second-order valence-electron chi connectivity index (χ2n) is 7.26. The van der Waals surface area contributed by atoms with Crippen LogP contribution in [0.2, 0.25) is 0 Å². The van der Waals surface area contributed by atoms with Gasteiger partial charge in [0.05, 0.1) is 35.3 Å². The summed E-state index contributed by atoms with van der Waals surface area (Å²) < 4.78 is 69.2. The van der Waals surface area contributed by atoms with Gasteiger partial charge in [0, 0.05) is 19.3 Å². The van der Waals surface area contributed by atoms with Crippen LogP contribution in [0.15, 0.2) is 6.20 Å². The number of anilines is 1. The summed E-state index contributed by atoms with van der Waals surface area (Å²) in [6.45, 7) is -0.304. The third kappa shape index (κ3) is 3.79. The molecule has 0 unspecified atom stereocenters. The lowest BCUT2D eigenvalue weighted by Crippen LogP contribution is -2.44. The van der Waals surface area contributed by atoms with Gasteiger partial charge in [-0.15, -0.1) is 0 Å². The zero-order valence-corrected chi connectivity index (χ0v) is 15.6. The van der Waals surface area contributed by atoms with Gasteiger partial charge in [-0.25, -0.2) is 18.4 Å². The highest BCUT2D eigenvalue weighted by Crippen LogP contribution is 2.36. The topological polar surface area (TPSA) is 101 Å². The van der Waals surface area contributed by atoms with Crippen LogP contribution in [0.5, 0.6) is 0 Å². The number of alkyl halides is 3. The van der Waals surface area contributed by atoms with Crippen LogP contribution in [0.1, 0.15) is 35.3 Å². The summed E-state index contributed by atoms with van der Waals surface area (Å²) >= 11 is 0. The van der Waals surface area contributed by atoms with E-state index in [2.05, 4.69) is 15.3 Å². The maximum Gasteiger partial charge on any atom is 0.434 e. The first kappa shape index (κ1) is 19.4. The van der Waals surface area contributed by atoms with Crippen LogP contribution in [0.25, 0.3) is 0 Å². The van der Waals surface area contributed by atoms with Crippen molar-refractivity contribution >= 4 is 21.7 Å². The van der Waals surface area contributed by atoms with Crippen molar-refractivity contribution in [3.63, 3.8) is 0 Å². The van der Waals surface area contributed by atoms with Gasteiger partial charge in [0.15, 0.2) is 15.5 Å². The molecule has 4 rings (SSSR count). The molecule has 8 nitrogen and oxygen atoms in total. The molecule has 0 saturated carbocycles. The molecule has 0 spiro atoms. The van der Waals surface area contributed by atoms with Gasteiger partial charge in [0.25, 0.3) is 5.91 Å². The molecule has 2 bridgehead atoms. The van der Waals surface area contributed by atoms with Crippen molar-refractivity contribution < 1.29 is 31.1 Å². The second-order valence-corrected chi connectivity index (χ2v) is 9.56. The molecule has 0 radical (unpaired) electrons. The third-order valence-corrected chi connectivity index (χ3v) is 6.95. The zero-order valence-electron chi connectivity index (χ0n) is 14.8. The number of nitrogens with one attached hydrogen (secondary N) is 1. The van der Waals surface area contributed by atoms with E-state index in [4.69, 9.17) is 4.74 Å². The number of carbonyl (C=O) groups is 1. The van der Waals surface area contributed by atoms with Crippen LogP contribution in [-0.4, -0.2) is 72.0 Å². The molecule has 1 aromatic heterocycles. The SMILES string of the molecule is O=C(c1cnc(N[C@H]2C[C@H]3CC[C@@H]2O3)nc1C(F)(F)F)N1CCS(=O)(=O)CC1. The van der Waals surface area contributed by atoms with Gasteiger partial charge < -0.3 is 15.0 Å². The highest BCUT2D eigenvalue weighted by Gasteiger charge is 2.43. The molecule has 3 aliphatic rings. The standard InChI is InChI=1S/C16H19F3N4O4S/c17-16(18,19)13-10(14(24)23-3-5-28(25,26)6-4-23)8-20-15(22-13)21-11-7-9-1-2-12(11)27-9/h8-9,11-12H,1-7H2,(H,20,21,22)/t9-,11+,12+/m1/s1. The van der Waals surface area contributed by atoms with Gasteiger partial charge >= 0.3 is 6.18 Å². The number of hydrogen-bond donors (Lipinski definition) is 1. The van der Waals surface area contributed by atoms with Crippen LogP contribution in [0, 0.1) is 0 Å². The lowest BCUT2D eigenvalue weighted by Gasteiger charge is -2.27. The first-order valence-electron chi connectivity index (χ1n) is 8.98. The van der Waals surface area contributed by atoms with Crippen molar-refractivity contribution in [2.75, 3.05) is 29.9 Å². The maximum absolute atomic E-state index is 13.5. The average Bonchev–Trinajstić information content (AvgIpc) is 3.23.